The van der Waals surface area contributed by atoms with E-state index >= 15 is 0 Å². The van der Waals surface area contributed by atoms with Crippen LogP contribution >= 0.6 is 15.9 Å². The lowest BCUT2D eigenvalue weighted by atomic mass is 10.0. The van der Waals surface area contributed by atoms with Gasteiger partial charge in [-0.1, -0.05) is 28.1 Å². The van der Waals surface area contributed by atoms with Crippen molar-refractivity contribution in [2.24, 2.45) is 5.92 Å². The lowest BCUT2D eigenvalue weighted by Crippen LogP contribution is -2.14. The quantitative estimate of drug-likeness (QED) is 0.723. The molecule has 0 saturated carbocycles. The van der Waals surface area contributed by atoms with E-state index in [1.54, 1.807) is 0 Å². The molecular weight excluding hydrogens is 259 g/mol. The minimum absolute atomic E-state index is 0.182. The van der Waals surface area contributed by atoms with Gasteiger partial charge in [-0.05, 0) is 37.0 Å². The van der Waals surface area contributed by atoms with Gasteiger partial charge in [0, 0.05) is 11.9 Å². The number of ether oxygens (including phenoxy) is 1. The highest BCUT2D eigenvalue weighted by atomic mass is 79.9. The maximum absolute atomic E-state index is 12.7. The summed E-state index contributed by atoms with van der Waals surface area (Å²) in [4.78, 5) is 0. The Morgan fingerprint density at radius 3 is 2.53 bits per heavy atom. The topological polar surface area (TPSA) is 9.23 Å². The molecule has 1 unspecified atom stereocenters. The standard InChI is InChI=1S/C12H16BrFO/c1-2-15-9-11(8-13)7-10-3-5-12(14)6-4-10/h3-6,11H,2,7-9H2,1H3. The minimum atomic E-state index is -0.182. The molecule has 84 valence electrons. The highest BCUT2D eigenvalue weighted by Gasteiger charge is 2.08. The molecule has 15 heavy (non-hydrogen) atoms. The van der Waals surface area contributed by atoms with E-state index in [1.165, 1.54) is 12.1 Å². The third-order valence-electron chi connectivity index (χ3n) is 2.21. The van der Waals surface area contributed by atoms with Gasteiger partial charge in [-0.2, -0.15) is 0 Å². The number of hydrogen-bond donors (Lipinski definition) is 0. The molecule has 0 radical (unpaired) electrons. The van der Waals surface area contributed by atoms with E-state index in [9.17, 15) is 4.39 Å². The molecule has 0 heterocycles. The third-order valence-corrected chi connectivity index (χ3v) is 3.13. The molecule has 0 bridgehead atoms. The molecule has 1 nitrogen and oxygen atoms in total. The van der Waals surface area contributed by atoms with E-state index < -0.39 is 0 Å². The van der Waals surface area contributed by atoms with Crippen LogP contribution in [0.25, 0.3) is 0 Å². The number of halogens is 2. The Labute approximate surface area is 98.8 Å². The highest BCUT2D eigenvalue weighted by Crippen LogP contribution is 2.12. The fourth-order valence-corrected chi connectivity index (χ4v) is 1.81. The van der Waals surface area contributed by atoms with Crippen LogP contribution in [-0.2, 0) is 11.2 Å². The SMILES string of the molecule is CCOCC(CBr)Cc1ccc(F)cc1. The molecular formula is C12H16BrFO. The average Bonchev–Trinajstić information content (AvgIpc) is 2.27. The predicted molar refractivity (Wildman–Crippen MR) is 63.9 cm³/mol. The second-order valence-corrected chi connectivity index (χ2v) is 4.16. The molecule has 0 N–H and O–H groups in total. The highest BCUT2D eigenvalue weighted by molar-refractivity contribution is 9.09. The Kier molecular flexibility index (Phi) is 5.88. The third kappa shape index (κ3) is 4.76. The fraction of sp³-hybridized carbons (Fsp3) is 0.500. The van der Waals surface area contributed by atoms with E-state index in [1.807, 2.05) is 19.1 Å². The van der Waals surface area contributed by atoms with E-state index in [2.05, 4.69) is 15.9 Å². The number of rotatable bonds is 6. The van der Waals surface area contributed by atoms with Gasteiger partial charge in [0.1, 0.15) is 5.82 Å². The molecule has 1 aromatic carbocycles. The monoisotopic (exact) mass is 274 g/mol. The van der Waals surface area contributed by atoms with Crippen LogP contribution in [-0.4, -0.2) is 18.5 Å². The molecule has 0 aliphatic rings. The Morgan fingerprint density at radius 2 is 2.00 bits per heavy atom. The summed E-state index contributed by atoms with van der Waals surface area (Å²) < 4.78 is 18.1. The second-order valence-electron chi connectivity index (χ2n) is 3.51. The zero-order valence-corrected chi connectivity index (χ0v) is 10.5. The van der Waals surface area contributed by atoms with Crippen molar-refractivity contribution in [3.8, 4) is 0 Å². The van der Waals surface area contributed by atoms with Crippen molar-refractivity contribution in [3.05, 3.63) is 35.6 Å². The zero-order chi connectivity index (χ0) is 11.1. The van der Waals surface area contributed by atoms with Crippen LogP contribution in [0.5, 0.6) is 0 Å². The van der Waals surface area contributed by atoms with Crippen molar-refractivity contribution in [1.29, 1.82) is 0 Å². The Balaban J connectivity index is 2.47. The van der Waals surface area contributed by atoms with Gasteiger partial charge in [0.15, 0.2) is 0 Å². The van der Waals surface area contributed by atoms with Crippen molar-refractivity contribution in [2.45, 2.75) is 13.3 Å². The van der Waals surface area contributed by atoms with Crippen LogP contribution in [0.3, 0.4) is 0 Å². The molecule has 3 heteroatoms. The van der Waals surface area contributed by atoms with Crippen LogP contribution in [0.2, 0.25) is 0 Å². The first-order valence-electron chi connectivity index (χ1n) is 5.14. The van der Waals surface area contributed by atoms with E-state index in [0.717, 1.165) is 30.5 Å². The lowest BCUT2D eigenvalue weighted by Gasteiger charge is -2.13. The number of alkyl halides is 1. The van der Waals surface area contributed by atoms with Gasteiger partial charge < -0.3 is 4.74 Å². The molecule has 0 aliphatic heterocycles. The Hall–Kier alpha value is -0.410. The summed E-state index contributed by atoms with van der Waals surface area (Å²) in [6, 6.07) is 6.66. The predicted octanol–water partition coefficient (Wildman–Crippen LogP) is 3.42. The summed E-state index contributed by atoms with van der Waals surface area (Å²) in [5.74, 6) is 0.273. The maximum Gasteiger partial charge on any atom is 0.123 e. The number of benzene rings is 1. The normalized spacial score (nSPS) is 12.7. The first-order valence-corrected chi connectivity index (χ1v) is 6.26. The summed E-state index contributed by atoms with van der Waals surface area (Å²) in [6.45, 7) is 3.48. The zero-order valence-electron chi connectivity index (χ0n) is 8.88. The van der Waals surface area contributed by atoms with Gasteiger partial charge in [-0.15, -0.1) is 0 Å². The Morgan fingerprint density at radius 1 is 1.33 bits per heavy atom. The first kappa shape index (κ1) is 12.7. The van der Waals surface area contributed by atoms with Gasteiger partial charge >= 0.3 is 0 Å². The van der Waals surface area contributed by atoms with E-state index in [0.29, 0.717) is 5.92 Å². The molecule has 1 aromatic rings. The molecule has 1 rings (SSSR count). The molecule has 0 saturated heterocycles. The van der Waals surface area contributed by atoms with Crippen molar-refractivity contribution < 1.29 is 9.13 Å². The van der Waals surface area contributed by atoms with Gasteiger partial charge in [0.05, 0.1) is 6.61 Å². The molecule has 0 spiro atoms. The largest absolute Gasteiger partial charge is 0.381 e. The van der Waals surface area contributed by atoms with Crippen molar-refractivity contribution in [3.63, 3.8) is 0 Å². The van der Waals surface area contributed by atoms with E-state index in [4.69, 9.17) is 4.74 Å². The van der Waals surface area contributed by atoms with Crippen LogP contribution < -0.4 is 0 Å². The lowest BCUT2D eigenvalue weighted by molar-refractivity contribution is 0.118. The summed E-state index contributed by atoms with van der Waals surface area (Å²) in [7, 11) is 0. The van der Waals surface area contributed by atoms with Gasteiger partial charge in [-0.25, -0.2) is 4.39 Å². The molecule has 1 atom stereocenters. The average molecular weight is 275 g/mol. The van der Waals surface area contributed by atoms with Crippen molar-refractivity contribution in [1.82, 2.24) is 0 Å². The molecule has 0 aromatic heterocycles. The van der Waals surface area contributed by atoms with Crippen LogP contribution in [0.1, 0.15) is 12.5 Å². The van der Waals surface area contributed by atoms with Gasteiger partial charge in [0.2, 0.25) is 0 Å². The van der Waals surface area contributed by atoms with Gasteiger partial charge in [-0.3, -0.25) is 0 Å². The van der Waals surface area contributed by atoms with Crippen LogP contribution in [0.15, 0.2) is 24.3 Å². The summed E-state index contributed by atoms with van der Waals surface area (Å²) in [6.07, 6.45) is 0.922. The summed E-state index contributed by atoms with van der Waals surface area (Å²) >= 11 is 3.46. The van der Waals surface area contributed by atoms with Crippen LogP contribution in [0, 0.1) is 11.7 Å². The summed E-state index contributed by atoms with van der Waals surface area (Å²) in [5.41, 5.74) is 1.15. The molecule has 0 aliphatic carbocycles. The summed E-state index contributed by atoms with van der Waals surface area (Å²) in [5, 5.41) is 0.907. The molecule has 0 fully saturated rings. The fourth-order valence-electron chi connectivity index (χ4n) is 1.40. The minimum Gasteiger partial charge on any atom is -0.381 e. The van der Waals surface area contributed by atoms with Crippen molar-refractivity contribution >= 4 is 15.9 Å². The molecule has 0 amide bonds. The van der Waals surface area contributed by atoms with Crippen molar-refractivity contribution in [2.75, 3.05) is 18.5 Å². The maximum atomic E-state index is 12.7. The Bertz CT molecular complexity index is 273. The van der Waals surface area contributed by atoms with Crippen LogP contribution in [0.4, 0.5) is 4.39 Å². The second kappa shape index (κ2) is 6.96. The van der Waals surface area contributed by atoms with Gasteiger partial charge in [0.25, 0.3) is 0 Å². The number of hydrogen-bond acceptors (Lipinski definition) is 1. The van der Waals surface area contributed by atoms with E-state index in [-0.39, 0.29) is 5.82 Å². The first-order chi connectivity index (χ1) is 7.26. The smallest absolute Gasteiger partial charge is 0.123 e.